The van der Waals surface area contributed by atoms with Crippen LogP contribution >= 0.6 is 0 Å². The molecule has 2 heteroatoms. The molecule has 2 atom stereocenters. The molecule has 1 aromatic carbocycles. The monoisotopic (exact) mass is 213 g/mol. The molecule has 1 saturated carbocycles. The van der Waals surface area contributed by atoms with E-state index in [-0.39, 0.29) is 11.8 Å². The molecule has 16 heavy (non-hydrogen) atoms. The first-order chi connectivity index (χ1) is 7.77. The number of rotatable bonds is 1. The first-order valence-corrected chi connectivity index (χ1v) is 5.76. The number of hydrogen-bond donors (Lipinski definition) is 0. The molecule has 2 aliphatic rings. The van der Waals surface area contributed by atoms with Gasteiger partial charge in [-0.25, -0.2) is 0 Å². The van der Waals surface area contributed by atoms with E-state index in [1.54, 1.807) is 0 Å². The lowest BCUT2D eigenvalue weighted by molar-refractivity contribution is -0.135. The van der Waals surface area contributed by atoms with Crippen molar-refractivity contribution < 1.29 is 4.79 Å². The van der Waals surface area contributed by atoms with Gasteiger partial charge in [-0.15, -0.1) is 0 Å². The van der Waals surface area contributed by atoms with Gasteiger partial charge < -0.3 is 4.90 Å². The van der Waals surface area contributed by atoms with Crippen LogP contribution in [0.25, 0.3) is 0 Å². The van der Waals surface area contributed by atoms with Gasteiger partial charge in [-0.1, -0.05) is 42.0 Å². The molecule has 0 unspecified atom stereocenters. The Kier molecular flexibility index (Phi) is 2.10. The highest BCUT2D eigenvalue weighted by atomic mass is 16.2. The van der Waals surface area contributed by atoms with Crippen LogP contribution in [0.4, 0.5) is 0 Å². The van der Waals surface area contributed by atoms with Crippen LogP contribution in [0.2, 0.25) is 0 Å². The van der Waals surface area contributed by atoms with Gasteiger partial charge >= 0.3 is 0 Å². The molecule has 0 N–H and O–H groups in total. The van der Waals surface area contributed by atoms with Gasteiger partial charge in [-0.3, -0.25) is 4.79 Å². The normalized spacial score (nSPS) is 28.2. The molecule has 2 nitrogen and oxygen atoms in total. The number of amides is 1. The summed E-state index contributed by atoms with van der Waals surface area (Å²) in [5, 5.41) is 0. The third-order valence-electron chi connectivity index (χ3n) is 3.75. The number of benzene rings is 1. The minimum Gasteiger partial charge on any atom is -0.341 e. The summed E-state index contributed by atoms with van der Waals surface area (Å²) in [5.74, 6) is 0.821. The molecule has 0 saturated heterocycles. The second-order valence-corrected chi connectivity index (χ2v) is 4.70. The Labute approximate surface area is 95.6 Å². The lowest BCUT2D eigenvalue weighted by atomic mass is 9.64. The summed E-state index contributed by atoms with van der Waals surface area (Å²) >= 11 is 0. The third-order valence-corrected chi connectivity index (χ3v) is 3.75. The zero-order valence-electron chi connectivity index (χ0n) is 9.39. The lowest BCUT2D eigenvalue weighted by Gasteiger charge is -2.43. The predicted molar refractivity (Wildman–Crippen MR) is 63.0 cm³/mol. The van der Waals surface area contributed by atoms with Crippen LogP contribution in [-0.2, 0) is 4.79 Å². The molecule has 1 aromatic rings. The lowest BCUT2D eigenvalue weighted by Crippen LogP contribution is -2.46. The van der Waals surface area contributed by atoms with E-state index in [4.69, 9.17) is 0 Å². The molecule has 0 bridgehead atoms. The standard InChI is InChI=1S/C14H15NO/c1-15-8-7-11-9-12(13(11)14(15)16)10-5-3-2-4-6-10/h2-7,12-13H,8-9H2,1H3/t12-,13+/m1/s1. The highest BCUT2D eigenvalue weighted by Crippen LogP contribution is 2.48. The maximum absolute atomic E-state index is 12.1. The van der Waals surface area contributed by atoms with Crippen LogP contribution < -0.4 is 0 Å². The molecule has 1 aliphatic heterocycles. The smallest absolute Gasteiger partial charge is 0.230 e. The molecule has 1 fully saturated rings. The van der Waals surface area contributed by atoms with E-state index in [0.29, 0.717) is 5.92 Å². The Balaban J connectivity index is 1.90. The fourth-order valence-corrected chi connectivity index (χ4v) is 2.73. The molecule has 1 aliphatic carbocycles. The Morgan fingerprint density at radius 1 is 1.25 bits per heavy atom. The van der Waals surface area contributed by atoms with Gasteiger partial charge in [0.2, 0.25) is 5.91 Å². The van der Waals surface area contributed by atoms with Crippen LogP contribution in [0.5, 0.6) is 0 Å². The second kappa shape index (κ2) is 3.48. The van der Waals surface area contributed by atoms with E-state index in [0.717, 1.165) is 13.0 Å². The van der Waals surface area contributed by atoms with E-state index in [2.05, 4.69) is 18.2 Å². The van der Waals surface area contributed by atoms with Crippen molar-refractivity contribution in [3.8, 4) is 0 Å². The molecule has 0 radical (unpaired) electrons. The summed E-state index contributed by atoms with van der Waals surface area (Å²) in [5.41, 5.74) is 2.64. The molecular formula is C14H15NO. The van der Waals surface area contributed by atoms with Crippen LogP contribution in [0.15, 0.2) is 42.0 Å². The van der Waals surface area contributed by atoms with Crippen LogP contribution in [0, 0.1) is 5.92 Å². The summed E-state index contributed by atoms with van der Waals surface area (Å²) in [6, 6.07) is 10.4. The Morgan fingerprint density at radius 2 is 2.00 bits per heavy atom. The number of nitrogens with zero attached hydrogens (tertiary/aromatic N) is 1. The highest BCUT2D eigenvalue weighted by Gasteiger charge is 2.44. The van der Waals surface area contributed by atoms with Crippen LogP contribution in [-0.4, -0.2) is 24.4 Å². The largest absolute Gasteiger partial charge is 0.341 e. The van der Waals surface area contributed by atoms with Crippen molar-refractivity contribution in [1.29, 1.82) is 0 Å². The zero-order valence-corrected chi connectivity index (χ0v) is 9.39. The van der Waals surface area contributed by atoms with E-state index < -0.39 is 0 Å². The Bertz CT molecular complexity index is 449. The van der Waals surface area contributed by atoms with Gasteiger partial charge in [-0.2, -0.15) is 0 Å². The molecule has 3 rings (SSSR count). The van der Waals surface area contributed by atoms with Crippen molar-refractivity contribution >= 4 is 5.91 Å². The van der Waals surface area contributed by atoms with E-state index in [9.17, 15) is 4.79 Å². The van der Waals surface area contributed by atoms with Crippen molar-refractivity contribution in [3.63, 3.8) is 0 Å². The van der Waals surface area contributed by atoms with Crippen molar-refractivity contribution in [3.05, 3.63) is 47.5 Å². The summed E-state index contributed by atoms with van der Waals surface area (Å²) < 4.78 is 0. The summed E-state index contributed by atoms with van der Waals surface area (Å²) in [6.45, 7) is 0.784. The average Bonchev–Trinajstić information content (AvgIpc) is 2.27. The minimum absolute atomic E-state index is 0.126. The van der Waals surface area contributed by atoms with Crippen molar-refractivity contribution in [1.82, 2.24) is 4.90 Å². The summed E-state index contributed by atoms with van der Waals surface area (Å²) in [6.07, 6.45) is 3.28. The van der Waals surface area contributed by atoms with Gasteiger partial charge in [-0.05, 0) is 12.0 Å². The van der Waals surface area contributed by atoms with Gasteiger partial charge in [0.05, 0.1) is 5.92 Å². The Hall–Kier alpha value is -1.57. The van der Waals surface area contributed by atoms with Crippen LogP contribution in [0.1, 0.15) is 17.9 Å². The molecule has 1 heterocycles. The quantitative estimate of drug-likeness (QED) is 0.655. The number of carbonyl (C=O) groups excluding carboxylic acids is 1. The first kappa shape index (κ1) is 9.64. The van der Waals surface area contributed by atoms with Crippen molar-refractivity contribution in [2.75, 3.05) is 13.6 Å². The maximum atomic E-state index is 12.1. The van der Waals surface area contributed by atoms with E-state index in [1.165, 1.54) is 11.1 Å². The van der Waals surface area contributed by atoms with Crippen molar-refractivity contribution in [2.24, 2.45) is 5.92 Å². The molecule has 0 aromatic heterocycles. The summed E-state index contributed by atoms with van der Waals surface area (Å²) in [4.78, 5) is 13.9. The van der Waals surface area contributed by atoms with E-state index in [1.807, 2.05) is 30.1 Å². The number of carbonyl (C=O) groups is 1. The average molecular weight is 213 g/mol. The highest BCUT2D eigenvalue weighted by molar-refractivity contribution is 5.86. The fourth-order valence-electron chi connectivity index (χ4n) is 2.73. The maximum Gasteiger partial charge on any atom is 0.230 e. The van der Waals surface area contributed by atoms with Gasteiger partial charge in [0.15, 0.2) is 0 Å². The Morgan fingerprint density at radius 3 is 2.75 bits per heavy atom. The number of likely N-dealkylation sites (N-methyl/N-ethyl adjacent to an activating group) is 1. The van der Waals surface area contributed by atoms with Gasteiger partial charge in [0.1, 0.15) is 0 Å². The van der Waals surface area contributed by atoms with Gasteiger partial charge in [0, 0.05) is 19.5 Å². The predicted octanol–water partition coefficient (Wildman–Crippen LogP) is 2.19. The number of hydrogen-bond acceptors (Lipinski definition) is 1. The molecule has 1 amide bonds. The summed E-state index contributed by atoms with van der Waals surface area (Å²) in [7, 11) is 1.88. The first-order valence-electron chi connectivity index (χ1n) is 5.76. The third kappa shape index (κ3) is 1.29. The zero-order chi connectivity index (χ0) is 11.1. The van der Waals surface area contributed by atoms with Gasteiger partial charge in [0.25, 0.3) is 0 Å². The van der Waals surface area contributed by atoms with Crippen LogP contribution in [0.3, 0.4) is 0 Å². The van der Waals surface area contributed by atoms with E-state index >= 15 is 0 Å². The SMILES string of the molecule is CN1CC=C2C[C@H](c3ccccc3)[C@H]2C1=O. The van der Waals surface area contributed by atoms with Crippen molar-refractivity contribution in [2.45, 2.75) is 12.3 Å². The fraction of sp³-hybridized carbons (Fsp3) is 0.357. The second-order valence-electron chi connectivity index (χ2n) is 4.70. The number of fused-ring (bicyclic) bond motifs is 1. The molecular weight excluding hydrogens is 198 g/mol. The molecule has 82 valence electrons. The molecule has 0 spiro atoms. The minimum atomic E-state index is 0.126. The topological polar surface area (TPSA) is 20.3 Å².